The molecule has 5 nitrogen and oxygen atoms in total. The second-order valence-corrected chi connectivity index (χ2v) is 6.46. The van der Waals surface area contributed by atoms with Gasteiger partial charge in [-0.1, -0.05) is 0 Å². The average molecular weight is 367 g/mol. The first-order chi connectivity index (χ1) is 13.2. The predicted molar refractivity (Wildman–Crippen MR) is 103 cm³/mol. The van der Waals surface area contributed by atoms with Crippen molar-refractivity contribution in [3.05, 3.63) is 53.6 Å². The number of hydrogen-bond donors (Lipinski definition) is 0. The van der Waals surface area contributed by atoms with Gasteiger partial charge in [0.25, 0.3) is 0 Å². The summed E-state index contributed by atoms with van der Waals surface area (Å²) in [5.41, 5.74) is 3.17. The SMILES string of the molecule is CCOc1cc2c(cc1OCC)CN(c1ncnc3ccc(F)cc13)CC2. The second kappa shape index (κ2) is 7.39. The number of anilines is 1. The smallest absolute Gasteiger partial charge is 0.161 e. The molecular weight excluding hydrogens is 345 g/mol. The van der Waals surface area contributed by atoms with E-state index in [-0.39, 0.29) is 5.82 Å². The van der Waals surface area contributed by atoms with Crippen molar-refractivity contribution in [2.24, 2.45) is 0 Å². The first kappa shape index (κ1) is 17.5. The third kappa shape index (κ3) is 3.39. The highest BCUT2D eigenvalue weighted by atomic mass is 19.1. The van der Waals surface area contributed by atoms with Crippen LogP contribution in [-0.2, 0) is 13.0 Å². The van der Waals surface area contributed by atoms with Crippen molar-refractivity contribution < 1.29 is 13.9 Å². The molecule has 140 valence electrons. The lowest BCUT2D eigenvalue weighted by atomic mass is 9.98. The van der Waals surface area contributed by atoms with Crippen molar-refractivity contribution in [1.29, 1.82) is 0 Å². The molecule has 1 aromatic heterocycles. The third-order valence-corrected chi connectivity index (χ3v) is 4.75. The van der Waals surface area contributed by atoms with Crippen LogP contribution in [0.5, 0.6) is 11.5 Å². The van der Waals surface area contributed by atoms with E-state index in [1.165, 1.54) is 29.6 Å². The Labute approximate surface area is 157 Å². The maximum atomic E-state index is 13.8. The minimum Gasteiger partial charge on any atom is -0.490 e. The van der Waals surface area contributed by atoms with Gasteiger partial charge in [0.05, 0.1) is 18.7 Å². The molecule has 0 N–H and O–H groups in total. The molecule has 0 saturated carbocycles. The Morgan fingerprint density at radius 2 is 1.74 bits per heavy atom. The summed E-state index contributed by atoms with van der Waals surface area (Å²) in [6, 6.07) is 8.76. The van der Waals surface area contributed by atoms with E-state index in [0.29, 0.717) is 19.8 Å². The fourth-order valence-corrected chi connectivity index (χ4v) is 3.55. The van der Waals surface area contributed by atoms with Crippen molar-refractivity contribution in [2.75, 3.05) is 24.7 Å². The summed E-state index contributed by atoms with van der Waals surface area (Å²) >= 11 is 0. The van der Waals surface area contributed by atoms with E-state index in [1.807, 2.05) is 13.8 Å². The monoisotopic (exact) mass is 367 g/mol. The van der Waals surface area contributed by atoms with Crippen molar-refractivity contribution in [2.45, 2.75) is 26.8 Å². The highest BCUT2D eigenvalue weighted by Gasteiger charge is 2.22. The summed E-state index contributed by atoms with van der Waals surface area (Å²) in [5.74, 6) is 2.03. The number of halogens is 1. The van der Waals surface area contributed by atoms with Gasteiger partial charge >= 0.3 is 0 Å². The molecule has 4 rings (SSSR count). The van der Waals surface area contributed by atoms with Crippen LogP contribution in [0.1, 0.15) is 25.0 Å². The molecule has 1 aliphatic heterocycles. The summed E-state index contributed by atoms with van der Waals surface area (Å²) in [6.07, 6.45) is 2.40. The quantitative estimate of drug-likeness (QED) is 0.679. The molecule has 2 aromatic carbocycles. The standard InChI is InChI=1S/C21H22FN3O2/c1-3-26-19-9-14-7-8-25(12-15(14)10-20(19)27-4-2)21-17-11-16(22)5-6-18(17)23-13-24-21/h5-6,9-11,13H,3-4,7-8,12H2,1-2H3. The lowest BCUT2D eigenvalue weighted by Gasteiger charge is -2.31. The number of benzene rings is 2. The number of aromatic nitrogens is 2. The molecule has 27 heavy (non-hydrogen) atoms. The molecule has 0 aliphatic carbocycles. The van der Waals surface area contributed by atoms with Gasteiger partial charge in [-0.05, 0) is 61.7 Å². The molecule has 0 saturated heterocycles. The Hall–Kier alpha value is -2.89. The van der Waals surface area contributed by atoms with Crippen LogP contribution in [0.3, 0.4) is 0 Å². The average Bonchev–Trinajstić information content (AvgIpc) is 2.68. The highest BCUT2D eigenvalue weighted by Crippen LogP contribution is 2.35. The molecule has 0 unspecified atom stereocenters. The Kier molecular flexibility index (Phi) is 4.79. The van der Waals surface area contributed by atoms with Gasteiger partial charge in [0.15, 0.2) is 11.5 Å². The molecule has 1 aliphatic rings. The number of fused-ring (bicyclic) bond motifs is 2. The van der Waals surface area contributed by atoms with Crippen LogP contribution in [0.25, 0.3) is 10.9 Å². The summed E-state index contributed by atoms with van der Waals surface area (Å²) in [7, 11) is 0. The minimum absolute atomic E-state index is 0.282. The van der Waals surface area contributed by atoms with Gasteiger partial charge in [-0.3, -0.25) is 0 Å². The molecule has 3 aromatic rings. The van der Waals surface area contributed by atoms with Crippen LogP contribution in [0, 0.1) is 5.82 Å². The van der Waals surface area contributed by atoms with Crippen molar-refractivity contribution in [3.8, 4) is 11.5 Å². The summed E-state index contributed by atoms with van der Waals surface area (Å²) in [5, 5.41) is 0.733. The largest absolute Gasteiger partial charge is 0.490 e. The summed E-state index contributed by atoms with van der Waals surface area (Å²) in [6.45, 7) is 6.60. The third-order valence-electron chi connectivity index (χ3n) is 4.75. The molecule has 0 bridgehead atoms. The maximum Gasteiger partial charge on any atom is 0.161 e. The zero-order chi connectivity index (χ0) is 18.8. The molecule has 0 fully saturated rings. The molecule has 0 radical (unpaired) electrons. The van der Waals surface area contributed by atoms with Crippen LogP contribution in [-0.4, -0.2) is 29.7 Å². The van der Waals surface area contributed by atoms with E-state index >= 15 is 0 Å². The Bertz CT molecular complexity index is 977. The molecule has 0 amide bonds. The number of nitrogens with zero attached hydrogens (tertiary/aromatic N) is 3. The predicted octanol–water partition coefficient (Wildman–Crippen LogP) is 4.13. The van der Waals surface area contributed by atoms with E-state index in [2.05, 4.69) is 27.0 Å². The number of hydrogen-bond acceptors (Lipinski definition) is 5. The second-order valence-electron chi connectivity index (χ2n) is 6.46. The van der Waals surface area contributed by atoms with Crippen LogP contribution in [0.4, 0.5) is 10.2 Å². The van der Waals surface area contributed by atoms with Gasteiger partial charge in [-0.25, -0.2) is 14.4 Å². The van der Waals surface area contributed by atoms with E-state index in [0.717, 1.165) is 41.2 Å². The van der Waals surface area contributed by atoms with E-state index in [4.69, 9.17) is 9.47 Å². The van der Waals surface area contributed by atoms with Crippen molar-refractivity contribution >= 4 is 16.7 Å². The normalized spacial score (nSPS) is 13.5. The summed E-state index contributed by atoms with van der Waals surface area (Å²) in [4.78, 5) is 10.9. The van der Waals surface area contributed by atoms with Gasteiger partial charge in [-0.15, -0.1) is 0 Å². The van der Waals surface area contributed by atoms with E-state index in [1.54, 1.807) is 6.07 Å². The molecule has 6 heteroatoms. The number of rotatable bonds is 5. The van der Waals surface area contributed by atoms with Crippen LogP contribution >= 0.6 is 0 Å². The molecule has 2 heterocycles. The lowest BCUT2D eigenvalue weighted by molar-refractivity contribution is 0.287. The van der Waals surface area contributed by atoms with Crippen molar-refractivity contribution in [1.82, 2.24) is 9.97 Å². The Morgan fingerprint density at radius 3 is 2.48 bits per heavy atom. The Morgan fingerprint density at radius 1 is 1.00 bits per heavy atom. The van der Waals surface area contributed by atoms with Crippen LogP contribution < -0.4 is 14.4 Å². The zero-order valence-electron chi connectivity index (χ0n) is 15.5. The van der Waals surface area contributed by atoms with Crippen LogP contribution in [0.2, 0.25) is 0 Å². The van der Waals surface area contributed by atoms with Gasteiger partial charge in [-0.2, -0.15) is 0 Å². The molecular formula is C21H22FN3O2. The highest BCUT2D eigenvalue weighted by molar-refractivity contribution is 5.89. The van der Waals surface area contributed by atoms with Gasteiger partial charge in [0.1, 0.15) is 18.0 Å². The van der Waals surface area contributed by atoms with E-state index in [9.17, 15) is 4.39 Å². The number of ether oxygens (including phenoxy) is 2. The fraction of sp³-hybridized carbons (Fsp3) is 0.333. The topological polar surface area (TPSA) is 47.5 Å². The molecule has 0 atom stereocenters. The first-order valence-electron chi connectivity index (χ1n) is 9.26. The maximum absolute atomic E-state index is 13.8. The minimum atomic E-state index is -0.282. The fourth-order valence-electron chi connectivity index (χ4n) is 3.55. The lowest BCUT2D eigenvalue weighted by Crippen LogP contribution is -2.31. The zero-order valence-corrected chi connectivity index (χ0v) is 15.5. The van der Waals surface area contributed by atoms with Gasteiger partial charge in [0.2, 0.25) is 0 Å². The van der Waals surface area contributed by atoms with Crippen LogP contribution in [0.15, 0.2) is 36.7 Å². The summed E-state index contributed by atoms with van der Waals surface area (Å²) < 4.78 is 25.3. The van der Waals surface area contributed by atoms with Crippen molar-refractivity contribution in [3.63, 3.8) is 0 Å². The van der Waals surface area contributed by atoms with Gasteiger partial charge in [0, 0.05) is 18.5 Å². The first-order valence-corrected chi connectivity index (χ1v) is 9.26. The van der Waals surface area contributed by atoms with E-state index < -0.39 is 0 Å². The van der Waals surface area contributed by atoms with Gasteiger partial charge < -0.3 is 14.4 Å². The Balaban J connectivity index is 1.71. The molecule has 0 spiro atoms.